The Morgan fingerprint density at radius 1 is 1.71 bits per heavy atom. The van der Waals surface area contributed by atoms with E-state index in [1.54, 1.807) is 17.8 Å². The Hall–Kier alpha value is -1.38. The van der Waals surface area contributed by atoms with Crippen molar-refractivity contribution in [3.8, 4) is 0 Å². The van der Waals surface area contributed by atoms with Crippen LogP contribution in [0, 0.1) is 0 Å². The Balaban J connectivity index is 2.78. The van der Waals surface area contributed by atoms with Gasteiger partial charge >= 0.3 is 0 Å². The molecule has 1 aromatic heterocycles. The van der Waals surface area contributed by atoms with Gasteiger partial charge in [0.05, 0.1) is 5.69 Å². The molecule has 0 spiro atoms. The average molecular weight is 192 g/mol. The number of hydrogen-bond donors (Lipinski definition) is 0. The molecular weight excluding hydrogens is 176 g/mol. The normalized spacial score (nSPS) is 10.1. The molecule has 0 bridgehead atoms. The molecule has 1 rings (SSSR count). The Kier molecular flexibility index (Phi) is 3.63. The molecule has 0 atom stereocenters. The van der Waals surface area contributed by atoms with Gasteiger partial charge in [0.15, 0.2) is 5.78 Å². The lowest BCUT2D eigenvalue weighted by Gasteiger charge is -1.98. The van der Waals surface area contributed by atoms with Crippen LogP contribution in [0.2, 0.25) is 0 Å². The highest BCUT2D eigenvalue weighted by atomic mass is 16.1. The summed E-state index contributed by atoms with van der Waals surface area (Å²) in [5, 5.41) is 4.23. The Labute approximate surface area is 84.4 Å². The molecule has 0 aliphatic carbocycles. The van der Waals surface area contributed by atoms with Crippen LogP contribution in [0.5, 0.6) is 0 Å². The first-order valence-electron chi connectivity index (χ1n) is 4.86. The zero-order valence-corrected chi connectivity index (χ0v) is 8.79. The van der Waals surface area contributed by atoms with E-state index in [2.05, 4.69) is 11.7 Å². The number of hydrogen-bond acceptors (Lipinski definition) is 2. The van der Waals surface area contributed by atoms with Crippen molar-refractivity contribution < 1.29 is 4.79 Å². The maximum atomic E-state index is 11.6. The largest absolute Gasteiger partial charge is 0.292 e. The molecule has 3 nitrogen and oxygen atoms in total. The molecule has 0 saturated heterocycles. The zero-order chi connectivity index (χ0) is 10.6. The predicted molar refractivity (Wildman–Crippen MR) is 56.3 cm³/mol. The molecule has 1 heterocycles. The average Bonchev–Trinajstić information content (AvgIpc) is 2.56. The lowest BCUT2D eigenvalue weighted by atomic mass is 10.1. The van der Waals surface area contributed by atoms with Crippen molar-refractivity contribution in [1.82, 2.24) is 9.78 Å². The second-order valence-corrected chi connectivity index (χ2v) is 3.25. The van der Waals surface area contributed by atoms with Crippen LogP contribution in [0.3, 0.4) is 0 Å². The number of allylic oxidation sites excluding steroid dienone is 1. The molecule has 14 heavy (non-hydrogen) atoms. The van der Waals surface area contributed by atoms with Crippen molar-refractivity contribution in [3.05, 3.63) is 30.1 Å². The van der Waals surface area contributed by atoms with E-state index in [9.17, 15) is 4.79 Å². The molecule has 0 aliphatic rings. The van der Waals surface area contributed by atoms with E-state index < -0.39 is 0 Å². The minimum atomic E-state index is 0.139. The molecule has 0 N–H and O–H groups in total. The van der Waals surface area contributed by atoms with Gasteiger partial charge in [-0.05, 0) is 18.9 Å². The molecule has 76 valence electrons. The van der Waals surface area contributed by atoms with E-state index in [0.29, 0.717) is 12.1 Å². The lowest BCUT2D eigenvalue weighted by Crippen LogP contribution is -2.06. The number of carbonyl (C=O) groups is 1. The fourth-order valence-corrected chi connectivity index (χ4v) is 1.32. The number of aromatic nitrogens is 2. The Morgan fingerprint density at radius 2 is 2.43 bits per heavy atom. The van der Waals surface area contributed by atoms with E-state index in [4.69, 9.17) is 0 Å². The van der Waals surface area contributed by atoms with Crippen LogP contribution >= 0.6 is 0 Å². The number of aryl methyl sites for hydroxylation is 2. The summed E-state index contributed by atoms with van der Waals surface area (Å²) in [4.78, 5) is 11.6. The summed E-state index contributed by atoms with van der Waals surface area (Å²) in [6.45, 7) is 5.62. The summed E-state index contributed by atoms with van der Waals surface area (Å²) in [6, 6.07) is 1.87. The van der Waals surface area contributed by atoms with Crippen molar-refractivity contribution in [3.63, 3.8) is 0 Å². The summed E-state index contributed by atoms with van der Waals surface area (Å²) in [6.07, 6.45) is 3.87. The van der Waals surface area contributed by atoms with Gasteiger partial charge in [-0.3, -0.25) is 9.48 Å². The van der Waals surface area contributed by atoms with Gasteiger partial charge in [0, 0.05) is 13.5 Å². The molecule has 3 heteroatoms. The summed E-state index contributed by atoms with van der Waals surface area (Å²) in [7, 11) is 1.81. The third kappa shape index (κ3) is 2.31. The number of carbonyl (C=O) groups excluding carboxylic acids is 1. The quantitative estimate of drug-likeness (QED) is 0.529. The van der Waals surface area contributed by atoms with Crippen LogP contribution in [-0.2, 0) is 13.5 Å². The standard InChI is InChI=1S/C11H16N2O/c1-4-6-7-11(14)10-8-9(5-2)12-13(10)3/h4,8H,1,5-7H2,2-3H3. The van der Waals surface area contributed by atoms with Gasteiger partial charge in [-0.15, -0.1) is 6.58 Å². The first kappa shape index (κ1) is 10.7. The van der Waals surface area contributed by atoms with Gasteiger partial charge in [-0.25, -0.2) is 0 Å². The lowest BCUT2D eigenvalue weighted by molar-refractivity contribution is 0.0974. The van der Waals surface area contributed by atoms with E-state index in [-0.39, 0.29) is 5.78 Å². The molecule has 0 radical (unpaired) electrons. The van der Waals surface area contributed by atoms with Crippen LogP contribution in [0.1, 0.15) is 35.9 Å². The first-order valence-corrected chi connectivity index (χ1v) is 4.86. The minimum Gasteiger partial charge on any atom is -0.292 e. The summed E-state index contributed by atoms with van der Waals surface area (Å²) < 4.78 is 1.66. The predicted octanol–water partition coefficient (Wildman–Crippen LogP) is 2.13. The fourth-order valence-electron chi connectivity index (χ4n) is 1.32. The number of ketones is 1. The molecule has 0 saturated carbocycles. The Morgan fingerprint density at radius 3 is 2.93 bits per heavy atom. The van der Waals surface area contributed by atoms with Gasteiger partial charge in [0.2, 0.25) is 0 Å². The summed E-state index contributed by atoms with van der Waals surface area (Å²) in [5.41, 5.74) is 1.66. The van der Waals surface area contributed by atoms with Gasteiger partial charge in [-0.2, -0.15) is 5.10 Å². The third-order valence-corrected chi connectivity index (χ3v) is 2.15. The molecule has 0 aromatic carbocycles. The highest BCUT2D eigenvalue weighted by Gasteiger charge is 2.11. The van der Waals surface area contributed by atoms with Gasteiger partial charge < -0.3 is 0 Å². The topological polar surface area (TPSA) is 34.9 Å². The van der Waals surface area contributed by atoms with Crippen molar-refractivity contribution in [1.29, 1.82) is 0 Å². The summed E-state index contributed by atoms with van der Waals surface area (Å²) in [5.74, 6) is 0.139. The van der Waals surface area contributed by atoms with Gasteiger partial charge in [0.1, 0.15) is 5.69 Å². The minimum absolute atomic E-state index is 0.139. The molecule has 0 aliphatic heterocycles. The smallest absolute Gasteiger partial charge is 0.181 e. The highest BCUT2D eigenvalue weighted by molar-refractivity contribution is 5.94. The first-order chi connectivity index (χ1) is 6.69. The van der Waals surface area contributed by atoms with E-state index in [1.807, 2.05) is 13.0 Å². The molecule has 0 amide bonds. The van der Waals surface area contributed by atoms with E-state index in [0.717, 1.165) is 18.5 Å². The van der Waals surface area contributed by atoms with Crippen molar-refractivity contribution >= 4 is 5.78 Å². The van der Waals surface area contributed by atoms with Crippen molar-refractivity contribution in [2.24, 2.45) is 7.05 Å². The maximum Gasteiger partial charge on any atom is 0.181 e. The Bertz CT molecular complexity index is 339. The van der Waals surface area contributed by atoms with E-state index in [1.165, 1.54) is 0 Å². The third-order valence-electron chi connectivity index (χ3n) is 2.15. The van der Waals surface area contributed by atoms with Crippen LogP contribution < -0.4 is 0 Å². The van der Waals surface area contributed by atoms with Crippen molar-refractivity contribution in [2.45, 2.75) is 26.2 Å². The number of nitrogens with zero attached hydrogens (tertiary/aromatic N) is 2. The van der Waals surface area contributed by atoms with Gasteiger partial charge in [-0.1, -0.05) is 13.0 Å². The number of Topliss-reactive ketones (excluding diaryl/α,β-unsaturated/α-hetero) is 1. The molecule has 0 fully saturated rings. The maximum absolute atomic E-state index is 11.6. The van der Waals surface area contributed by atoms with E-state index >= 15 is 0 Å². The van der Waals surface area contributed by atoms with Crippen LogP contribution in [0.4, 0.5) is 0 Å². The van der Waals surface area contributed by atoms with Crippen LogP contribution in [-0.4, -0.2) is 15.6 Å². The molecule has 1 aromatic rings. The number of rotatable bonds is 5. The second kappa shape index (κ2) is 4.74. The zero-order valence-electron chi connectivity index (χ0n) is 8.79. The monoisotopic (exact) mass is 192 g/mol. The summed E-state index contributed by atoms with van der Waals surface area (Å²) >= 11 is 0. The fraction of sp³-hybridized carbons (Fsp3) is 0.455. The van der Waals surface area contributed by atoms with Gasteiger partial charge in [0.25, 0.3) is 0 Å². The van der Waals surface area contributed by atoms with Crippen molar-refractivity contribution in [2.75, 3.05) is 0 Å². The van der Waals surface area contributed by atoms with Crippen LogP contribution in [0.15, 0.2) is 18.7 Å². The molecule has 0 unspecified atom stereocenters. The van der Waals surface area contributed by atoms with Crippen LogP contribution in [0.25, 0.3) is 0 Å². The highest BCUT2D eigenvalue weighted by Crippen LogP contribution is 2.08. The second-order valence-electron chi connectivity index (χ2n) is 3.25. The SMILES string of the molecule is C=CCCC(=O)c1cc(CC)nn1C. The molecular formula is C11H16N2O.